The second kappa shape index (κ2) is 8.84. The molecule has 0 saturated heterocycles. The highest BCUT2D eigenvalue weighted by molar-refractivity contribution is 8.00. The van der Waals surface area contributed by atoms with Crippen molar-refractivity contribution in [1.82, 2.24) is 4.98 Å². The van der Waals surface area contributed by atoms with Crippen molar-refractivity contribution in [2.45, 2.75) is 4.90 Å². The average molecular weight is 404 g/mol. The van der Waals surface area contributed by atoms with Crippen molar-refractivity contribution in [3.63, 3.8) is 0 Å². The topological polar surface area (TPSA) is 71.1 Å². The van der Waals surface area contributed by atoms with Gasteiger partial charge >= 0.3 is 0 Å². The highest BCUT2D eigenvalue weighted by Crippen LogP contribution is 2.21. The second-order valence-electron chi connectivity index (χ2n) is 5.16. The number of rotatable bonds is 6. The van der Waals surface area contributed by atoms with E-state index in [4.69, 9.17) is 11.6 Å². The number of carbonyl (C=O) groups excluding carboxylic acids is 2. The third-order valence-corrected chi connectivity index (χ3v) is 5.20. The van der Waals surface area contributed by atoms with Crippen molar-refractivity contribution in [3.05, 3.63) is 70.7 Å². The number of aromatic nitrogens is 1. The Labute approximate surface area is 163 Å². The molecule has 0 saturated carbocycles. The summed E-state index contributed by atoms with van der Waals surface area (Å²) in [5.74, 6) is -0.161. The first kappa shape index (κ1) is 18.4. The summed E-state index contributed by atoms with van der Waals surface area (Å²) < 4.78 is 0. The standard InChI is InChI=1S/C18H14ClN3O2S2/c19-13-4-6-15(7-5-13)26-11-16(23)21-14-3-1-2-12(10-14)17(24)22-18-20-8-9-25-18/h1-10H,11H2,(H,21,23)(H,20,22,24). The molecule has 0 atom stereocenters. The van der Waals surface area contributed by atoms with Crippen molar-refractivity contribution >= 4 is 57.3 Å². The van der Waals surface area contributed by atoms with Crippen LogP contribution in [0, 0.1) is 0 Å². The molecular weight excluding hydrogens is 390 g/mol. The number of nitrogens with one attached hydrogen (secondary N) is 2. The Morgan fingerprint density at radius 3 is 2.65 bits per heavy atom. The van der Waals surface area contributed by atoms with Crippen LogP contribution in [-0.2, 0) is 4.79 Å². The minimum atomic E-state index is -0.272. The van der Waals surface area contributed by atoms with Crippen LogP contribution in [0.15, 0.2) is 65.0 Å². The maximum atomic E-state index is 12.2. The minimum absolute atomic E-state index is 0.151. The monoisotopic (exact) mass is 403 g/mol. The van der Waals surface area contributed by atoms with E-state index in [9.17, 15) is 9.59 Å². The fourth-order valence-corrected chi connectivity index (χ4v) is 3.42. The normalized spacial score (nSPS) is 10.3. The summed E-state index contributed by atoms with van der Waals surface area (Å²) in [7, 11) is 0. The number of anilines is 2. The predicted molar refractivity (Wildman–Crippen MR) is 107 cm³/mol. The van der Waals surface area contributed by atoms with E-state index in [-0.39, 0.29) is 17.6 Å². The van der Waals surface area contributed by atoms with Gasteiger partial charge in [0.15, 0.2) is 5.13 Å². The van der Waals surface area contributed by atoms with Crippen LogP contribution in [0.4, 0.5) is 10.8 Å². The number of benzene rings is 2. The highest BCUT2D eigenvalue weighted by Gasteiger charge is 2.10. The molecule has 0 unspecified atom stereocenters. The van der Waals surface area contributed by atoms with Gasteiger partial charge in [0.05, 0.1) is 5.75 Å². The SMILES string of the molecule is O=C(CSc1ccc(Cl)cc1)Nc1cccc(C(=O)Nc2nccs2)c1. The number of nitrogens with zero attached hydrogens (tertiary/aromatic N) is 1. The smallest absolute Gasteiger partial charge is 0.257 e. The molecule has 0 aliphatic rings. The summed E-state index contributed by atoms with van der Waals surface area (Å²) in [6.45, 7) is 0. The minimum Gasteiger partial charge on any atom is -0.325 e. The third-order valence-electron chi connectivity index (χ3n) is 3.24. The van der Waals surface area contributed by atoms with Gasteiger partial charge in [-0.2, -0.15) is 0 Å². The molecule has 5 nitrogen and oxygen atoms in total. The molecule has 0 spiro atoms. The molecule has 0 aliphatic carbocycles. The molecule has 0 radical (unpaired) electrons. The van der Waals surface area contributed by atoms with E-state index in [2.05, 4.69) is 15.6 Å². The van der Waals surface area contributed by atoms with Gasteiger partial charge in [0.25, 0.3) is 5.91 Å². The van der Waals surface area contributed by atoms with E-state index in [0.29, 0.717) is 21.4 Å². The Kier molecular flexibility index (Phi) is 6.27. The van der Waals surface area contributed by atoms with Crippen LogP contribution in [-0.4, -0.2) is 22.6 Å². The number of carbonyl (C=O) groups is 2. The molecule has 3 rings (SSSR count). The molecule has 0 aliphatic heterocycles. The lowest BCUT2D eigenvalue weighted by molar-refractivity contribution is -0.113. The lowest BCUT2D eigenvalue weighted by atomic mass is 10.2. The summed E-state index contributed by atoms with van der Waals surface area (Å²) in [4.78, 5) is 29.3. The zero-order valence-corrected chi connectivity index (χ0v) is 15.8. The first-order valence-electron chi connectivity index (χ1n) is 7.59. The van der Waals surface area contributed by atoms with Crippen LogP contribution in [0.2, 0.25) is 5.02 Å². The molecule has 132 valence electrons. The van der Waals surface area contributed by atoms with Gasteiger partial charge in [-0.3, -0.25) is 14.9 Å². The van der Waals surface area contributed by atoms with Crippen molar-refractivity contribution in [1.29, 1.82) is 0 Å². The number of thiazole rings is 1. The Morgan fingerprint density at radius 2 is 1.92 bits per heavy atom. The maximum Gasteiger partial charge on any atom is 0.257 e. The average Bonchev–Trinajstić information content (AvgIpc) is 3.14. The number of amides is 2. The number of halogens is 1. The molecule has 1 heterocycles. The molecule has 2 N–H and O–H groups in total. The highest BCUT2D eigenvalue weighted by atomic mass is 35.5. The fraction of sp³-hybridized carbons (Fsp3) is 0.0556. The van der Waals surface area contributed by atoms with E-state index in [1.54, 1.807) is 48.0 Å². The molecule has 0 bridgehead atoms. The largest absolute Gasteiger partial charge is 0.325 e. The van der Waals surface area contributed by atoms with Gasteiger partial charge in [-0.05, 0) is 42.5 Å². The second-order valence-corrected chi connectivity index (χ2v) is 7.54. The molecule has 8 heteroatoms. The van der Waals surface area contributed by atoms with Gasteiger partial charge in [0.1, 0.15) is 0 Å². The zero-order valence-electron chi connectivity index (χ0n) is 13.4. The molecule has 26 heavy (non-hydrogen) atoms. The molecular formula is C18H14ClN3O2S2. The quantitative estimate of drug-likeness (QED) is 0.581. The Balaban J connectivity index is 1.56. The summed E-state index contributed by atoms with van der Waals surface area (Å²) in [5, 5.41) is 8.48. The Hall–Kier alpha value is -2.35. The van der Waals surface area contributed by atoms with Crippen LogP contribution in [0.1, 0.15) is 10.4 Å². The van der Waals surface area contributed by atoms with E-state index >= 15 is 0 Å². The van der Waals surface area contributed by atoms with E-state index in [0.717, 1.165) is 4.90 Å². The van der Waals surface area contributed by atoms with Crippen molar-refractivity contribution in [2.24, 2.45) is 0 Å². The number of hydrogen-bond donors (Lipinski definition) is 2. The maximum absolute atomic E-state index is 12.2. The molecule has 0 fully saturated rings. The van der Waals surface area contributed by atoms with Crippen molar-refractivity contribution < 1.29 is 9.59 Å². The van der Waals surface area contributed by atoms with E-state index in [1.165, 1.54) is 23.1 Å². The van der Waals surface area contributed by atoms with Crippen LogP contribution in [0.5, 0.6) is 0 Å². The summed E-state index contributed by atoms with van der Waals surface area (Å²) >= 11 is 8.60. The summed E-state index contributed by atoms with van der Waals surface area (Å²) in [5.41, 5.74) is 1.02. The van der Waals surface area contributed by atoms with Gasteiger partial charge in [-0.1, -0.05) is 17.7 Å². The molecule has 2 amide bonds. The van der Waals surface area contributed by atoms with Crippen LogP contribution < -0.4 is 10.6 Å². The molecule has 2 aromatic carbocycles. The van der Waals surface area contributed by atoms with Gasteiger partial charge < -0.3 is 5.32 Å². The Morgan fingerprint density at radius 1 is 1.12 bits per heavy atom. The van der Waals surface area contributed by atoms with E-state index in [1.807, 2.05) is 12.1 Å². The first-order valence-corrected chi connectivity index (χ1v) is 9.83. The Bertz CT molecular complexity index is 899. The van der Waals surface area contributed by atoms with Crippen molar-refractivity contribution in [3.8, 4) is 0 Å². The van der Waals surface area contributed by atoms with Crippen LogP contribution >= 0.6 is 34.7 Å². The molecule has 3 aromatic rings. The number of thioether (sulfide) groups is 1. The van der Waals surface area contributed by atoms with Gasteiger partial charge in [0.2, 0.25) is 5.91 Å². The van der Waals surface area contributed by atoms with Crippen LogP contribution in [0.25, 0.3) is 0 Å². The van der Waals surface area contributed by atoms with Gasteiger partial charge in [-0.15, -0.1) is 23.1 Å². The van der Waals surface area contributed by atoms with Gasteiger partial charge in [-0.25, -0.2) is 4.98 Å². The summed E-state index contributed by atoms with van der Waals surface area (Å²) in [6, 6.07) is 14.1. The van der Waals surface area contributed by atoms with Gasteiger partial charge in [0, 0.05) is 32.7 Å². The number of hydrogen-bond acceptors (Lipinski definition) is 5. The predicted octanol–water partition coefficient (Wildman–Crippen LogP) is 4.78. The third kappa shape index (κ3) is 5.32. The summed E-state index contributed by atoms with van der Waals surface area (Å²) in [6.07, 6.45) is 1.62. The lowest BCUT2D eigenvalue weighted by Crippen LogP contribution is -2.15. The zero-order chi connectivity index (χ0) is 18.4. The first-order chi connectivity index (χ1) is 12.6. The van der Waals surface area contributed by atoms with Crippen LogP contribution in [0.3, 0.4) is 0 Å². The fourth-order valence-electron chi connectivity index (χ4n) is 2.07. The lowest BCUT2D eigenvalue weighted by Gasteiger charge is -2.07. The van der Waals surface area contributed by atoms with Crippen molar-refractivity contribution in [2.75, 3.05) is 16.4 Å². The molecule has 1 aromatic heterocycles. The van der Waals surface area contributed by atoms with E-state index < -0.39 is 0 Å².